The van der Waals surface area contributed by atoms with Crippen molar-refractivity contribution in [2.24, 2.45) is 0 Å². The molecule has 1 aromatic heterocycles. The number of hydrogen-bond donors (Lipinski definition) is 0. The predicted octanol–water partition coefficient (Wildman–Crippen LogP) is 5.69. The number of hydrogen-bond acceptors (Lipinski definition) is 1. The molecule has 0 spiro atoms. The number of rotatable bonds is 3. The van der Waals surface area contributed by atoms with Gasteiger partial charge in [-0.2, -0.15) is 0 Å². The van der Waals surface area contributed by atoms with Crippen LogP contribution in [0.1, 0.15) is 29.5 Å². The first-order valence-corrected chi connectivity index (χ1v) is 7.62. The van der Waals surface area contributed by atoms with Crippen molar-refractivity contribution in [1.82, 2.24) is 4.98 Å². The second-order valence-electron chi connectivity index (χ2n) is 4.11. The topological polar surface area (TPSA) is 12.9 Å². The molecule has 1 nitrogen and oxygen atoms in total. The van der Waals surface area contributed by atoms with E-state index in [1.807, 2.05) is 36.4 Å². The highest BCUT2D eigenvalue weighted by molar-refractivity contribution is 9.11. The van der Waals surface area contributed by atoms with Gasteiger partial charge in [0.15, 0.2) is 0 Å². The fraction of sp³-hybridized carbons (Fsp3) is 0.214. The van der Waals surface area contributed by atoms with Crippen molar-refractivity contribution in [3.05, 3.63) is 62.8 Å². The van der Waals surface area contributed by atoms with Crippen LogP contribution in [0, 0.1) is 0 Å². The molecule has 4 heteroatoms. The van der Waals surface area contributed by atoms with Crippen molar-refractivity contribution < 1.29 is 0 Å². The summed E-state index contributed by atoms with van der Waals surface area (Å²) in [5.74, 6) is 0.158. The molecule has 0 bridgehead atoms. The Kier molecular flexibility index (Phi) is 4.82. The standard InChI is InChI=1S/C14H12Br2ClN/c1-9(13-4-2-3-7-18-13)14(17)11-6-5-10(15)8-12(11)16/h2-9,14H,1H3. The Bertz CT molecular complexity index is 531. The maximum Gasteiger partial charge on any atom is 0.0677 e. The van der Waals surface area contributed by atoms with E-state index in [2.05, 4.69) is 43.8 Å². The Morgan fingerprint density at radius 3 is 2.56 bits per heavy atom. The van der Waals surface area contributed by atoms with Crippen molar-refractivity contribution in [3.63, 3.8) is 0 Å². The Hall–Kier alpha value is -0.380. The van der Waals surface area contributed by atoms with E-state index >= 15 is 0 Å². The third-order valence-corrected chi connectivity index (χ3v) is 4.65. The van der Waals surface area contributed by atoms with Crippen LogP contribution in [0.5, 0.6) is 0 Å². The molecule has 0 saturated heterocycles. The Labute approximate surface area is 129 Å². The first-order valence-electron chi connectivity index (χ1n) is 5.59. The molecular formula is C14H12Br2ClN. The highest BCUT2D eigenvalue weighted by Gasteiger charge is 2.21. The molecule has 0 radical (unpaired) electrons. The number of halogens is 3. The first kappa shape index (κ1) is 14.0. The minimum absolute atomic E-state index is 0.109. The van der Waals surface area contributed by atoms with Gasteiger partial charge in [-0.1, -0.05) is 50.9 Å². The smallest absolute Gasteiger partial charge is 0.0677 e. The van der Waals surface area contributed by atoms with Gasteiger partial charge < -0.3 is 0 Å². The fourth-order valence-corrected chi connectivity index (χ4v) is 3.53. The van der Waals surface area contributed by atoms with Gasteiger partial charge in [-0.05, 0) is 29.8 Å². The van der Waals surface area contributed by atoms with E-state index in [-0.39, 0.29) is 11.3 Å². The third kappa shape index (κ3) is 3.14. The number of pyridine rings is 1. The van der Waals surface area contributed by atoms with E-state index in [1.165, 1.54) is 0 Å². The lowest BCUT2D eigenvalue weighted by Crippen LogP contribution is -2.05. The summed E-state index contributed by atoms with van der Waals surface area (Å²) >= 11 is 13.6. The lowest BCUT2D eigenvalue weighted by atomic mass is 9.97. The molecule has 0 fully saturated rings. The second-order valence-corrected chi connectivity index (χ2v) is 6.35. The van der Waals surface area contributed by atoms with Crippen LogP contribution in [-0.4, -0.2) is 4.98 Å². The monoisotopic (exact) mass is 387 g/mol. The molecule has 2 rings (SSSR count). The Balaban J connectivity index is 2.28. The van der Waals surface area contributed by atoms with Crippen LogP contribution in [0.3, 0.4) is 0 Å². The Morgan fingerprint density at radius 1 is 1.17 bits per heavy atom. The van der Waals surface area contributed by atoms with E-state index in [4.69, 9.17) is 11.6 Å². The summed E-state index contributed by atoms with van der Waals surface area (Å²) in [5, 5.41) is -0.109. The van der Waals surface area contributed by atoms with Gasteiger partial charge in [-0.3, -0.25) is 4.98 Å². The van der Waals surface area contributed by atoms with Gasteiger partial charge >= 0.3 is 0 Å². The molecule has 0 aliphatic rings. The molecule has 0 aliphatic carbocycles. The molecule has 2 atom stereocenters. The molecule has 94 valence electrons. The van der Waals surface area contributed by atoms with Crippen LogP contribution in [0.4, 0.5) is 0 Å². The van der Waals surface area contributed by atoms with Gasteiger partial charge in [0.2, 0.25) is 0 Å². The average Bonchev–Trinajstić information content (AvgIpc) is 2.38. The highest BCUT2D eigenvalue weighted by Crippen LogP contribution is 2.39. The fourth-order valence-electron chi connectivity index (χ4n) is 1.79. The maximum atomic E-state index is 6.56. The van der Waals surface area contributed by atoms with Gasteiger partial charge in [0.1, 0.15) is 0 Å². The van der Waals surface area contributed by atoms with E-state index in [0.29, 0.717) is 0 Å². The minimum atomic E-state index is -0.109. The van der Waals surface area contributed by atoms with Crippen LogP contribution in [0.2, 0.25) is 0 Å². The third-order valence-electron chi connectivity index (χ3n) is 2.85. The zero-order valence-electron chi connectivity index (χ0n) is 9.78. The SMILES string of the molecule is CC(c1ccccn1)C(Cl)c1ccc(Br)cc1Br. The van der Waals surface area contributed by atoms with Gasteiger partial charge in [-0.25, -0.2) is 0 Å². The summed E-state index contributed by atoms with van der Waals surface area (Å²) in [7, 11) is 0. The largest absolute Gasteiger partial charge is 0.261 e. The Morgan fingerprint density at radius 2 is 1.94 bits per heavy atom. The molecule has 18 heavy (non-hydrogen) atoms. The lowest BCUT2D eigenvalue weighted by molar-refractivity contribution is 0.704. The lowest BCUT2D eigenvalue weighted by Gasteiger charge is -2.19. The van der Waals surface area contributed by atoms with Crippen LogP contribution >= 0.6 is 43.5 Å². The van der Waals surface area contributed by atoms with E-state index in [0.717, 1.165) is 20.2 Å². The van der Waals surface area contributed by atoms with Gasteiger partial charge in [0.25, 0.3) is 0 Å². The van der Waals surface area contributed by atoms with Crippen molar-refractivity contribution >= 4 is 43.5 Å². The predicted molar refractivity (Wildman–Crippen MR) is 83.1 cm³/mol. The number of benzene rings is 1. The van der Waals surface area contributed by atoms with E-state index in [1.54, 1.807) is 6.20 Å². The van der Waals surface area contributed by atoms with Crippen molar-refractivity contribution in [2.75, 3.05) is 0 Å². The van der Waals surface area contributed by atoms with Crippen molar-refractivity contribution in [1.29, 1.82) is 0 Å². The van der Waals surface area contributed by atoms with Crippen LogP contribution in [0.25, 0.3) is 0 Å². The van der Waals surface area contributed by atoms with Crippen LogP contribution in [-0.2, 0) is 0 Å². The van der Waals surface area contributed by atoms with E-state index in [9.17, 15) is 0 Å². The van der Waals surface area contributed by atoms with Crippen LogP contribution < -0.4 is 0 Å². The molecule has 2 aromatic rings. The normalized spacial score (nSPS) is 14.2. The summed E-state index contributed by atoms with van der Waals surface area (Å²) in [4.78, 5) is 4.36. The average molecular weight is 390 g/mol. The number of alkyl halides is 1. The minimum Gasteiger partial charge on any atom is -0.261 e. The molecule has 2 unspecified atom stereocenters. The zero-order valence-corrected chi connectivity index (χ0v) is 13.7. The van der Waals surface area contributed by atoms with Crippen LogP contribution in [0.15, 0.2) is 51.5 Å². The van der Waals surface area contributed by atoms with Gasteiger partial charge in [-0.15, -0.1) is 11.6 Å². The highest BCUT2D eigenvalue weighted by atomic mass is 79.9. The maximum absolute atomic E-state index is 6.56. The quantitative estimate of drug-likeness (QED) is 0.615. The summed E-state index contributed by atoms with van der Waals surface area (Å²) in [6, 6.07) is 11.9. The van der Waals surface area contributed by atoms with E-state index < -0.39 is 0 Å². The summed E-state index contributed by atoms with van der Waals surface area (Å²) in [6.45, 7) is 2.09. The molecule has 0 N–H and O–H groups in total. The summed E-state index contributed by atoms with van der Waals surface area (Å²) < 4.78 is 2.05. The number of nitrogens with zero attached hydrogens (tertiary/aromatic N) is 1. The molecule has 0 amide bonds. The molecular weight excluding hydrogens is 377 g/mol. The summed E-state index contributed by atoms with van der Waals surface area (Å²) in [6.07, 6.45) is 1.80. The second kappa shape index (κ2) is 6.18. The van der Waals surface area contributed by atoms with Crippen molar-refractivity contribution in [2.45, 2.75) is 18.2 Å². The summed E-state index contributed by atoms with van der Waals surface area (Å²) in [5.41, 5.74) is 2.09. The molecule has 1 heterocycles. The molecule has 0 aliphatic heterocycles. The van der Waals surface area contributed by atoms with Crippen molar-refractivity contribution in [3.8, 4) is 0 Å². The van der Waals surface area contributed by atoms with Gasteiger partial charge in [0.05, 0.1) is 5.38 Å². The van der Waals surface area contributed by atoms with Gasteiger partial charge in [0, 0.05) is 26.8 Å². The first-order chi connectivity index (χ1) is 8.59. The number of aromatic nitrogens is 1. The molecule has 0 saturated carbocycles. The zero-order chi connectivity index (χ0) is 13.1. The molecule has 1 aromatic carbocycles.